The van der Waals surface area contributed by atoms with Gasteiger partial charge in [0.2, 0.25) is 5.88 Å². The van der Waals surface area contributed by atoms with E-state index in [2.05, 4.69) is 9.97 Å². The molecule has 1 aromatic rings. The van der Waals surface area contributed by atoms with Crippen LogP contribution in [0.2, 0.25) is 0 Å². The minimum atomic E-state index is -0.336. The highest BCUT2D eigenvalue weighted by Gasteiger charge is 2.15. The summed E-state index contributed by atoms with van der Waals surface area (Å²) in [5.41, 5.74) is 0.802. The Kier molecular flexibility index (Phi) is 3.83. The van der Waals surface area contributed by atoms with Crippen LogP contribution in [0.1, 0.15) is 31.9 Å². The fraction of sp³-hybridized carbons (Fsp3) is 0.600. The zero-order chi connectivity index (χ0) is 10.6. The van der Waals surface area contributed by atoms with E-state index in [4.69, 9.17) is 4.74 Å². The molecule has 4 nitrogen and oxygen atoms in total. The minimum Gasteiger partial charge on any atom is -0.480 e. The van der Waals surface area contributed by atoms with Crippen molar-refractivity contribution in [1.82, 2.24) is 9.97 Å². The number of hydrogen-bond donors (Lipinski definition) is 1. The Morgan fingerprint density at radius 2 is 2.00 bits per heavy atom. The van der Waals surface area contributed by atoms with Gasteiger partial charge >= 0.3 is 0 Å². The predicted molar refractivity (Wildman–Crippen MR) is 53.3 cm³/mol. The molecule has 0 fully saturated rings. The molecule has 78 valence electrons. The number of aliphatic hydroxyl groups is 1. The van der Waals surface area contributed by atoms with E-state index in [1.54, 1.807) is 26.4 Å². The summed E-state index contributed by atoms with van der Waals surface area (Å²) in [6, 6.07) is 0. The van der Waals surface area contributed by atoms with E-state index in [1.165, 1.54) is 0 Å². The summed E-state index contributed by atoms with van der Waals surface area (Å²) in [5, 5.41) is 9.26. The van der Waals surface area contributed by atoms with E-state index >= 15 is 0 Å². The van der Waals surface area contributed by atoms with Gasteiger partial charge in [-0.1, -0.05) is 6.92 Å². The number of aromatic nitrogens is 2. The molecular formula is C10H16N2O2. The van der Waals surface area contributed by atoms with Crippen LogP contribution in [0.4, 0.5) is 0 Å². The molecule has 0 aromatic carbocycles. The van der Waals surface area contributed by atoms with Crippen molar-refractivity contribution in [2.75, 3.05) is 7.11 Å². The molecule has 0 radical (unpaired) electrons. The lowest BCUT2D eigenvalue weighted by molar-refractivity contribution is 0.175. The van der Waals surface area contributed by atoms with Gasteiger partial charge in [0, 0.05) is 18.3 Å². The number of hydrogen-bond acceptors (Lipinski definition) is 4. The third kappa shape index (κ3) is 2.67. The van der Waals surface area contributed by atoms with E-state index < -0.39 is 0 Å². The van der Waals surface area contributed by atoms with Crippen LogP contribution in [0.15, 0.2) is 12.4 Å². The molecule has 1 aromatic heterocycles. The Morgan fingerprint density at radius 3 is 2.57 bits per heavy atom. The first-order valence-electron chi connectivity index (χ1n) is 4.68. The highest BCUT2D eigenvalue weighted by molar-refractivity contribution is 5.21. The van der Waals surface area contributed by atoms with Gasteiger partial charge in [-0.15, -0.1) is 0 Å². The first kappa shape index (κ1) is 10.9. The van der Waals surface area contributed by atoms with Crippen molar-refractivity contribution in [3.05, 3.63) is 18.1 Å². The van der Waals surface area contributed by atoms with Crippen molar-refractivity contribution in [3.8, 4) is 5.88 Å². The van der Waals surface area contributed by atoms with Gasteiger partial charge in [0.1, 0.15) is 5.69 Å². The quantitative estimate of drug-likeness (QED) is 0.790. The molecule has 1 heterocycles. The summed E-state index contributed by atoms with van der Waals surface area (Å²) >= 11 is 0. The van der Waals surface area contributed by atoms with Crippen LogP contribution in [0.3, 0.4) is 0 Å². The first-order chi connectivity index (χ1) is 6.65. The van der Waals surface area contributed by atoms with Crippen molar-refractivity contribution < 1.29 is 9.84 Å². The van der Waals surface area contributed by atoms with E-state index in [1.807, 2.05) is 6.92 Å². The summed E-state index contributed by atoms with van der Waals surface area (Å²) in [6.07, 6.45) is 3.56. The molecule has 2 atom stereocenters. The lowest BCUT2D eigenvalue weighted by atomic mass is 10.0. The number of methoxy groups -OCH3 is 1. The summed E-state index contributed by atoms with van der Waals surface area (Å²) in [6.45, 7) is 3.76. The number of aliphatic hydroxyl groups excluding tert-OH is 1. The van der Waals surface area contributed by atoms with Crippen LogP contribution in [-0.2, 0) is 0 Å². The maximum Gasteiger partial charge on any atom is 0.235 e. The molecule has 0 aliphatic rings. The Labute approximate surface area is 84.0 Å². The van der Waals surface area contributed by atoms with Crippen LogP contribution in [-0.4, -0.2) is 28.3 Å². The summed E-state index contributed by atoms with van der Waals surface area (Å²) in [5.74, 6) is 0.694. The lowest BCUT2D eigenvalue weighted by Crippen LogP contribution is -2.09. The highest BCUT2D eigenvalue weighted by atomic mass is 16.5. The monoisotopic (exact) mass is 196 g/mol. The molecular weight excluding hydrogens is 180 g/mol. The standard InChI is InChI=1S/C10H16N2O2/c1-7(6-8(2)13)9-10(14-3)12-5-4-11-9/h4-5,7-8,13H,6H2,1-3H3. The fourth-order valence-corrected chi connectivity index (χ4v) is 1.45. The summed E-state index contributed by atoms with van der Waals surface area (Å²) < 4.78 is 5.09. The van der Waals surface area contributed by atoms with Gasteiger partial charge in [0.15, 0.2) is 0 Å². The Balaban J connectivity index is 2.82. The van der Waals surface area contributed by atoms with Crippen LogP contribution < -0.4 is 4.74 Å². The summed E-state index contributed by atoms with van der Waals surface area (Å²) in [7, 11) is 1.57. The number of rotatable bonds is 4. The van der Waals surface area contributed by atoms with Crippen LogP contribution in [0.25, 0.3) is 0 Å². The molecule has 0 spiro atoms. The van der Waals surface area contributed by atoms with Gasteiger partial charge in [0.25, 0.3) is 0 Å². The van der Waals surface area contributed by atoms with Gasteiger partial charge < -0.3 is 9.84 Å². The van der Waals surface area contributed by atoms with Crippen molar-refractivity contribution in [2.45, 2.75) is 32.3 Å². The Morgan fingerprint density at radius 1 is 1.36 bits per heavy atom. The Hall–Kier alpha value is -1.16. The van der Waals surface area contributed by atoms with Gasteiger partial charge in [-0.2, -0.15) is 0 Å². The molecule has 0 amide bonds. The van der Waals surface area contributed by atoms with E-state index in [0.717, 1.165) is 5.69 Å². The van der Waals surface area contributed by atoms with E-state index in [-0.39, 0.29) is 12.0 Å². The van der Waals surface area contributed by atoms with Crippen LogP contribution >= 0.6 is 0 Å². The molecule has 4 heteroatoms. The van der Waals surface area contributed by atoms with E-state index in [0.29, 0.717) is 12.3 Å². The molecule has 1 rings (SSSR count). The second-order valence-corrected chi connectivity index (χ2v) is 3.44. The molecule has 0 aliphatic carbocycles. The third-order valence-corrected chi connectivity index (χ3v) is 2.05. The van der Waals surface area contributed by atoms with Crippen molar-refractivity contribution in [3.63, 3.8) is 0 Å². The average molecular weight is 196 g/mol. The maximum atomic E-state index is 9.26. The van der Waals surface area contributed by atoms with Gasteiger partial charge in [-0.25, -0.2) is 4.98 Å². The minimum absolute atomic E-state index is 0.152. The van der Waals surface area contributed by atoms with Crippen molar-refractivity contribution >= 4 is 0 Å². The molecule has 1 N–H and O–H groups in total. The summed E-state index contributed by atoms with van der Waals surface area (Å²) in [4.78, 5) is 8.26. The highest BCUT2D eigenvalue weighted by Crippen LogP contribution is 2.24. The lowest BCUT2D eigenvalue weighted by Gasteiger charge is -2.14. The Bertz CT molecular complexity index is 289. The predicted octanol–water partition coefficient (Wildman–Crippen LogP) is 1.36. The molecule has 0 saturated carbocycles. The second kappa shape index (κ2) is 4.91. The first-order valence-corrected chi connectivity index (χ1v) is 4.68. The fourth-order valence-electron chi connectivity index (χ4n) is 1.45. The molecule has 0 saturated heterocycles. The third-order valence-electron chi connectivity index (χ3n) is 2.05. The number of nitrogens with zero attached hydrogens (tertiary/aromatic N) is 2. The average Bonchev–Trinajstić information content (AvgIpc) is 2.16. The zero-order valence-corrected chi connectivity index (χ0v) is 8.77. The van der Waals surface area contributed by atoms with Crippen molar-refractivity contribution in [2.24, 2.45) is 0 Å². The zero-order valence-electron chi connectivity index (χ0n) is 8.77. The topological polar surface area (TPSA) is 55.2 Å². The van der Waals surface area contributed by atoms with E-state index in [9.17, 15) is 5.11 Å². The van der Waals surface area contributed by atoms with Crippen LogP contribution in [0.5, 0.6) is 5.88 Å². The molecule has 2 unspecified atom stereocenters. The molecule has 0 aliphatic heterocycles. The second-order valence-electron chi connectivity index (χ2n) is 3.44. The molecule has 14 heavy (non-hydrogen) atoms. The maximum absolute atomic E-state index is 9.26. The molecule has 0 bridgehead atoms. The number of ether oxygens (including phenoxy) is 1. The normalized spacial score (nSPS) is 14.9. The largest absolute Gasteiger partial charge is 0.480 e. The van der Waals surface area contributed by atoms with Crippen molar-refractivity contribution in [1.29, 1.82) is 0 Å². The van der Waals surface area contributed by atoms with Crippen LogP contribution in [0, 0.1) is 0 Å². The SMILES string of the molecule is COc1nccnc1C(C)CC(C)O. The smallest absolute Gasteiger partial charge is 0.235 e. The van der Waals surface area contributed by atoms with Gasteiger partial charge in [0.05, 0.1) is 13.2 Å². The van der Waals surface area contributed by atoms with Gasteiger partial charge in [-0.05, 0) is 13.3 Å². The van der Waals surface area contributed by atoms with Gasteiger partial charge in [-0.3, -0.25) is 4.98 Å².